The van der Waals surface area contributed by atoms with Gasteiger partial charge in [-0.2, -0.15) is 0 Å². The van der Waals surface area contributed by atoms with Crippen molar-refractivity contribution in [3.05, 3.63) is 0 Å². The molecule has 0 aromatic rings. The molecule has 92 valence electrons. The molecule has 0 spiro atoms. The summed E-state index contributed by atoms with van der Waals surface area (Å²) in [5, 5.41) is 6.05. The SMILES string of the molecule is O=C(CNC1CC1)NCCOC1CCCC1. The van der Waals surface area contributed by atoms with E-state index in [0.29, 0.717) is 31.8 Å². The lowest BCUT2D eigenvalue weighted by Gasteiger charge is -2.11. The quantitative estimate of drug-likeness (QED) is 0.632. The molecule has 0 radical (unpaired) electrons. The van der Waals surface area contributed by atoms with Crippen LogP contribution in [0.3, 0.4) is 0 Å². The van der Waals surface area contributed by atoms with E-state index in [0.717, 1.165) is 0 Å². The lowest BCUT2D eigenvalue weighted by molar-refractivity contribution is -0.120. The van der Waals surface area contributed by atoms with Crippen molar-refractivity contribution in [2.24, 2.45) is 0 Å². The first kappa shape index (κ1) is 11.9. The summed E-state index contributed by atoms with van der Waals surface area (Å²) in [7, 11) is 0. The summed E-state index contributed by atoms with van der Waals surface area (Å²) in [5.41, 5.74) is 0. The third-order valence-corrected chi connectivity index (χ3v) is 3.21. The molecule has 0 heterocycles. The van der Waals surface area contributed by atoms with Gasteiger partial charge in [0.2, 0.25) is 5.91 Å². The van der Waals surface area contributed by atoms with Gasteiger partial charge in [-0.15, -0.1) is 0 Å². The average Bonchev–Trinajstić information content (AvgIpc) is 2.97. The zero-order chi connectivity index (χ0) is 11.2. The average molecular weight is 226 g/mol. The molecule has 0 unspecified atom stereocenters. The maximum absolute atomic E-state index is 11.3. The predicted octanol–water partition coefficient (Wildman–Crippen LogP) is 0.814. The van der Waals surface area contributed by atoms with Gasteiger partial charge in [-0.25, -0.2) is 0 Å². The Morgan fingerprint density at radius 2 is 1.94 bits per heavy atom. The summed E-state index contributed by atoms with van der Waals surface area (Å²) in [4.78, 5) is 11.3. The molecule has 2 rings (SSSR count). The minimum absolute atomic E-state index is 0.0851. The summed E-state index contributed by atoms with van der Waals surface area (Å²) in [6.07, 6.45) is 7.86. The number of hydrogen-bond acceptors (Lipinski definition) is 3. The number of amides is 1. The fourth-order valence-electron chi connectivity index (χ4n) is 2.06. The molecular weight excluding hydrogens is 204 g/mol. The molecule has 2 saturated carbocycles. The van der Waals surface area contributed by atoms with Gasteiger partial charge in [-0.3, -0.25) is 4.79 Å². The summed E-state index contributed by atoms with van der Waals surface area (Å²) < 4.78 is 5.66. The highest BCUT2D eigenvalue weighted by molar-refractivity contribution is 5.78. The van der Waals surface area contributed by atoms with Crippen molar-refractivity contribution in [1.29, 1.82) is 0 Å². The van der Waals surface area contributed by atoms with E-state index in [2.05, 4.69) is 10.6 Å². The Morgan fingerprint density at radius 3 is 2.62 bits per heavy atom. The van der Waals surface area contributed by atoms with Crippen LogP contribution in [0.15, 0.2) is 0 Å². The summed E-state index contributed by atoms with van der Waals surface area (Å²) in [6.45, 7) is 1.75. The first-order valence-corrected chi connectivity index (χ1v) is 6.46. The minimum Gasteiger partial charge on any atom is -0.376 e. The number of carbonyl (C=O) groups is 1. The van der Waals surface area contributed by atoms with Crippen molar-refractivity contribution in [2.45, 2.75) is 50.7 Å². The van der Waals surface area contributed by atoms with E-state index in [4.69, 9.17) is 4.74 Å². The number of nitrogens with one attached hydrogen (secondary N) is 2. The summed E-state index contributed by atoms with van der Waals surface area (Å²) >= 11 is 0. The van der Waals surface area contributed by atoms with Crippen LogP contribution in [0.1, 0.15) is 38.5 Å². The van der Waals surface area contributed by atoms with E-state index in [1.165, 1.54) is 38.5 Å². The second-order valence-corrected chi connectivity index (χ2v) is 4.78. The number of ether oxygens (including phenoxy) is 1. The van der Waals surface area contributed by atoms with Crippen LogP contribution in [-0.4, -0.2) is 37.7 Å². The van der Waals surface area contributed by atoms with E-state index in [1.54, 1.807) is 0 Å². The van der Waals surface area contributed by atoms with Gasteiger partial charge in [0, 0.05) is 12.6 Å². The fraction of sp³-hybridized carbons (Fsp3) is 0.917. The largest absolute Gasteiger partial charge is 0.376 e. The third-order valence-electron chi connectivity index (χ3n) is 3.21. The maximum Gasteiger partial charge on any atom is 0.234 e. The smallest absolute Gasteiger partial charge is 0.234 e. The second kappa shape index (κ2) is 6.21. The molecular formula is C12H22N2O2. The number of hydrogen-bond donors (Lipinski definition) is 2. The standard InChI is InChI=1S/C12H22N2O2/c15-12(9-14-10-5-6-10)13-7-8-16-11-3-1-2-4-11/h10-11,14H,1-9H2,(H,13,15). The molecule has 16 heavy (non-hydrogen) atoms. The van der Waals surface area contributed by atoms with E-state index in [9.17, 15) is 4.79 Å². The highest BCUT2D eigenvalue weighted by atomic mass is 16.5. The lowest BCUT2D eigenvalue weighted by atomic mass is 10.3. The molecule has 0 aliphatic heterocycles. The molecule has 2 aliphatic carbocycles. The van der Waals surface area contributed by atoms with Gasteiger partial charge in [0.25, 0.3) is 0 Å². The molecule has 2 N–H and O–H groups in total. The predicted molar refractivity (Wildman–Crippen MR) is 62.2 cm³/mol. The van der Waals surface area contributed by atoms with Crippen LogP contribution in [0, 0.1) is 0 Å². The third kappa shape index (κ3) is 4.49. The van der Waals surface area contributed by atoms with Crippen LogP contribution < -0.4 is 10.6 Å². The molecule has 0 aromatic heterocycles. The second-order valence-electron chi connectivity index (χ2n) is 4.78. The lowest BCUT2D eigenvalue weighted by Crippen LogP contribution is -2.36. The van der Waals surface area contributed by atoms with Crippen LogP contribution in [0.25, 0.3) is 0 Å². The number of carbonyl (C=O) groups excluding carboxylic acids is 1. The Morgan fingerprint density at radius 1 is 1.19 bits per heavy atom. The summed E-state index contributed by atoms with van der Waals surface area (Å²) in [5.74, 6) is 0.0851. The Labute approximate surface area is 97.1 Å². The zero-order valence-electron chi connectivity index (χ0n) is 9.84. The fourth-order valence-corrected chi connectivity index (χ4v) is 2.06. The normalized spacial score (nSPS) is 21.2. The Kier molecular flexibility index (Phi) is 4.60. The zero-order valence-corrected chi connectivity index (χ0v) is 9.84. The highest BCUT2D eigenvalue weighted by Crippen LogP contribution is 2.20. The van der Waals surface area contributed by atoms with Crippen molar-refractivity contribution < 1.29 is 9.53 Å². The minimum atomic E-state index is 0.0851. The summed E-state index contributed by atoms with van der Waals surface area (Å²) in [6, 6.07) is 0.598. The van der Waals surface area contributed by atoms with E-state index < -0.39 is 0 Å². The van der Waals surface area contributed by atoms with Crippen molar-refractivity contribution >= 4 is 5.91 Å². The first-order chi connectivity index (χ1) is 7.84. The van der Waals surface area contributed by atoms with Crippen LogP contribution in [0.5, 0.6) is 0 Å². The molecule has 0 atom stereocenters. The molecule has 4 heteroatoms. The van der Waals surface area contributed by atoms with Gasteiger partial charge in [-0.05, 0) is 25.7 Å². The Hall–Kier alpha value is -0.610. The molecule has 4 nitrogen and oxygen atoms in total. The van der Waals surface area contributed by atoms with Crippen molar-refractivity contribution in [2.75, 3.05) is 19.7 Å². The molecule has 0 bridgehead atoms. The molecule has 0 saturated heterocycles. The molecule has 2 aliphatic rings. The van der Waals surface area contributed by atoms with E-state index in [-0.39, 0.29) is 5.91 Å². The topological polar surface area (TPSA) is 50.4 Å². The van der Waals surface area contributed by atoms with Gasteiger partial charge in [0.05, 0.1) is 19.3 Å². The monoisotopic (exact) mass is 226 g/mol. The van der Waals surface area contributed by atoms with Crippen LogP contribution in [-0.2, 0) is 9.53 Å². The first-order valence-electron chi connectivity index (χ1n) is 6.46. The highest BCUT2D eigenvalue weighted by Gasteiger charge is 2.21. The van der Waals surface area contributed by atoms with Crippen molar-refractivity contribution in [3.8, 4) is 0 Å². The Balaban J connectivity index is 1.42. The molecule has 0 aromatic carbocycles. The van der Waals surface area contributed by atoms with Gasteiger partial charge in [0.1, 0.15) is 0 Å². The van der Waals surface area contributed by atoms with Crippen LogP contribution in [0.4, 0.5) is 0 Å². The van der Waals surface area contributed by atoms with Gasteiger partial charge >= 0.3 is 0 Å². The number of rotatable bonds is 7. The molecule has 2 fully saturated rings. The maximum atomic E-state index is 11.3. The van der Waals surface area contributed by atoms with Crippen molar-refractivity contribution in [1.82, 2.24) is 10.6 Å². The van der Waals surface area contributed by atoms with Gasteiger partial charge in [0.15, 0.2) is 0 Å². The Bertz CT molecular complexity index is 223. The van der Waals surface area contributed by atoms with Crippen molar-refractivity contribution in [3.63, 3.8) is 0 Å². The van der Waals surface area contributed by atoms with E-state index in [1.807, 2.05) is 0 Å². The van der Waals surface area contributed by atoms with E-state index >= 15 is 0 Å². The van der Waals surface area contributed by atoms with Gasteiger partial charge in [-0.1, -0.05) is 12.8 Å². The molecule has 1 amide bonds. The van der Waals surface area contributed by atoms with Crippen LogP contribution >= 0.6 is 0 Å². The van der Waals surface area contributed by atoms with Crippen LogP contribution in [0.2, 0.25) is 0 Å². The van der Waals surface area contributed by atoms with Gasteiger partial charge < -0.3 is 15.4 Å².